The van der Waals surface area contributed by atoms with Crippen molar-refractivity contribution < 1.29 is 14.6 Å². The average Bonchev–Trinajstić information content (AvgIpc) is 2.53. The Labute approximate surface area is 142 Å². The van der Waals surface area contributed by atoms with Crippen LogP contribution in [0.2, 0.25) is 0 Å². The molecule has 0 saturated carbocycles. The molecule has 0 amide bonds. The summed E-state index contributed by atoms with van der Waals surface area (Å²) in [5, 5.41) is 9.94. The second-order valence-electron chi connectivity index (χ2n) is 5.55. The molecule has 0 aliphatic heterocycles. The molecule has 0 aliphatic carbocycles. The highest BCUT2D eigenvalue weighted by molar-refractivity contribution is 9.09. The second kappa shape index (κ2) is 12.5. The first-order valence-corrected chi connectivity index (χ1v) is 9.38. The number of halogens is 1. The van der Waals surface area contributed by atoms with Crippen molar-refractivity contribution in [2.75, 3.05) is 11.9 Å². The van der Waals surface area contributed by atoms with Gasteiger partial charge in [0.2, 0.25) is 0 Å². The number of aromatic carboxylic acids is 1. The first-order valence-electron chi connectivity index (χ1n) is 8.26. The monoisotopic (exact) mass is 370 g/mol. The van der Waals surface area contributed by atoms with Crippen LogP contribution in [0.25, 0.3) is 0 Å². The van der Waals surface area contributed by atoms with E-state index in [4.69, 9.17) is 9.84 Å². The third kappa shape index (κ3) is 9.08. The van der Waals surface area contributed by atoms with Crippen molar-refractivity contribution in [1.29, 1.82) is 0 Å². The molecule has 22 heavy (non-hydrogen) atoms. The molecule has 0 aliphatic rings. The molecule has 0 bridgehead atoms. The second-order valence-corrected chi connectivity index (χ2v) is 6.34. The van der Waals surface area contributed by atoms with Gasteiger partial charge in [0.25, 0.3) is 0 Å². The molecule has 3 nitrogen and oxygen atoms in total. The summed E-state index contributed by atoms with van der Waals surface area (Å²) in [5.41, 5.74) is 0.295. The normalized spacial score (nSPS) is 10.6. The lowest BCUT2D eigenvalue weighted by molar-refractivity contribution is 0.0697. The van der Waals surface area contributed by atoms with Gasteiger partial charge in [0, 0.05) is 5.33 Å². The van der Waals surface area contributed by atoms with E-state index in [9.17, 15) is 4.79 Å². The van der Waals surface area contributed by atoms with Crippen LogP contribution in [-0.2, 0) is 0 Å². The minimum Gasteiger partial charge on any atom is -0.494 e. The van der Waals surface area contributed by atoms with Crippen LogP contribution in [0.4, 0.5) is 0 Å². The number of ether oxygens (including phenoxy) is 1. The predicted molar refractivity (Wildman–Crippen MR) is 94.2 cm³/mol. The van der Waals surface area contributed by atoms with Crippen molar-refractivity contribution in [3.63, 3.8) is 0 Å². The molecule has 1 rings (SSSR count). The Kier molecular flexibility index (Phi) is 10.8. The van der Waals surface area contributed by atoms with Crippen LogP contribution in [0.5, 0.6) is 5.75 Å². The number of unbranched alkanes of at least 4 members (excludes halogenated alkanes) is 8. The molecule has 1 aromatic rings. The summed E-state index contributed by atoms with van der Waals surface area (Å²) >= 11 is 3.46. The van der Waals surface area contributed by atoms with Crippen LogP contribution in [0.1, 0.15) is 68.1 Å². The fraction of sp³-hybridized carbons (Fsp3) is 0.611. The summed E-state index contributed by atoms with van der Waals surface area (Å²) < 4.78 is 5.62. The lowest BCUT2D eigenvalue weighted by Crippen LogP contribution is -1.99. The van der Waals surface area contributed by atoms with Crippen molar-refractivity contribution in [3.8, 4) is 5.75 Å². The standard InChI is InChI=1S/C18H27BrO3/c19-14-8-6-4-2-1-3-5-7-9-15-22-17-12-10-16(11-13-17)18(20)21/h10-13H,1-9,14-15H2,(H,20,21). The van der Waals surface area contributed by atoms with Gasteiger partial charge >= 0.3 is 5.97 Å². The van der Waals surface area contributed by atoms with Gasteiger partial charge in [0.15, 0.2) is 0 Å². The maximum atomic E-state index is 10.7. The third-order valence-corrected chi connectivity index (χ3v) is 4.21. The van der Waals surface area contributed by atoms with Crippen LogP contribution in [0, 0.1) is 0 Å². The first-order chi connectivity index (χ1) is 10.7. The van der Waals surface area contributed by atoms with Crippen molar-refractivity contribution >= 4 is 21.9 Å². The Hall–Kier alpha value is -1.03. The van der Waals surface area contributed by atoms with E-state index in [0.717, 1.165) is 17.5 Å². The molecular formula is C18H27BrO3. The summed E-state index contributed by atoms with van der Waals surface area (Å²) in [6, 6.07) is 6.59. The largest absolute Gasteiger partial charge is 0.494 e. The van der Waals surface area contributed by atoms with E-state index in [1.165, 1.54) is 51.4 Å². The summed E-state index contributed by atoms with van der Waals surface area (Å²) in [6.07, 6.45) is 11.6. The van der Waals surface area contributed by atoms with Gasteiger partial charge < -0.3 is 9.84 Å². The van der Waals surface area contributed by atoms with Crippen LogP contribution in [-0.4, -0.2) is 23.0 Å². The molecule has 1 aromatic carbocycles. The van der Waals surface area contributed by atoms with E-state index < -0.39 is 5.97 Å². The minimum absolute atomic E-state index is 0.295. The van der Waals surface area contributed by atoms with Gasteiger partial charge in [-0.1, -0.05) is 60.9 Å². The van der Waals surface area contributed by atoms with E-state index in [-0.39, 0.29) is 0 Å². The zero-order valence-electron chi connectivity index (χ0n) is 13.2. The Morgan fingerprint density at radius 2 is 1.36 bits per heavy atom. The van der Waals surface area contributed by atoms with E-state index in [2.05, 4.69) is 15.9 Å². The summed E-state index contributed by atoms with van der Waals surface area (Å²) in [4.78, 5) is 10.7. The number of hydrogen-bond acceptors (Lipinski definition) is 2. The molecule has 0 radical (unpaired) electrons. The lowest BCUT2D eigenvalue weighted by atomic mass is 10.1. The molecular weight excluding hydrogens is 344 g/mol. The van der Waals surface area contributed by atoms with Crippen molar-refractivity contribution in [3.05, 3.63) is 29.8 Å². The molecule has 0 saturated heterocycles. The predicted octanol–water partition coefficient (Wildman–Crippen LogP) is 5.67. The zero-order valence-corrected chi connectivity index (χ0v) is 14.8. The highest BCUT2D eigenvalue weighted by atomic mass is 79.9. The summed E-state index contributed by atoms with van der Waals surface area (Å²) in [7, 11) is 0. The van der Waals surface area contributed by atoms with Gasteiger partial charge in [-0.05, 0) is 37.1 Å². The number of rotatable bonds is 13. The SMILES string of the molecule is O=C(O)c1ccc(OCCCCCCCCCCCBr)cc1. The lowest BCUT2D eigenvalue weighted by Gasteiger charge is -2.06. The minimum atomic E-state index is -0.904. The van der Waals surface area contributed by atoms with Gasteiger partial charge in [0.05, 0.1) is 12.2 Å². The van der Waals surface area contributed by atoms with Gasteiger partial charge in [-0.15, -0.1) is 0 Å². The maximum absolute atomic E-state index is 10.7. The van der Waals surface area contributed by atoms with Gasteiger partial charge in [-0.3, -0.25) is 0 Å². The molecule has 124 valence electrons. The fourth-order valence-corrected chi connectivity index (χ4v) is 2.71. The van der Waals surface area contributed by atoms with Gasteiger partial charge in [0.1, 0.15) is 5.75 Å². The zero-order chi connectivity index (χ0) is 16.0. The van der Waals surface area contributed by atoms with Crippen molar-refractivity contribution in [2.24, 2.45) is 0 Å². The number of alkyl halides is 1. The van der Waals surface area contributed by atoms with Gasteiger partial charge in [-0.2, -0.15) is 0 Å². The maximum Gasteiger partial charge on any atom is 0.335 e. The third-order valence-electron chi connectivity index (χ3n) is 3.65. The molecule has 0 aromatic heterocycles. The van der Waals surface area contributed by atoms with Crippen LogP contribution in [0.15, 0.2) is 24.3 Å². The smallest absolute Gasteiger partial charge is 0.335 e. The van der Waals surface area contributed by atoms with Crippen molar-refractivity contribution in [2.45, 2.75) is 57.8 Å². The van der Waals surface area contributed by atoms with Crippen LogP contribution < -0.4 is 4.74 Å². The molecule has 0 spiro atoms. The number of carboxylic acids is 1. The van der Waals surface area contributed by atoms with Crippen LogP contribution in [0.3, 0.4) is 0 Å². The Balaban J connectivity index is 1.94. The highest BCUT2D eigenvalue weighted by Gasteiger charge is 2.01. The van der Waals surface area contributed by atoms with Crippen molar-refractivity contribution in [1.82, 2.24) is 0 Å². The number of carbonyl (C=O) groups is 1. The van der Waals surface area contributed by atoms with Crippen LogP contribution >= 0.6 is 15.9 Å². The molecule has 0 fully saturated rings. The molecule has 0 atom stereocenters. The first kappa shape index (κ1) is 19.0. The molecule has 4 heteroatoms. The number of carboxylic acid groups (broad SMARTS) is 1. The Morgan fingerprint density at radius 1 is 0.864 bits per heavy atom. The fourth-order valence-electron chi connectivity index (χ4n) is 2.32. The molecule has 1 N–H and O–H groups in total. The molecule has 0 unspecified atom stereocenters. The molecule has 0 heterocycles. The Bertz CT molecular complexity index is 403. The summed E-state index contributed by atoms with van der Waals surface area (Å²) in [5.74, 6) is -0.157. The van der Waals surface area contributed by atoms with Gasteiger partial charge in [-0.25, -0.2) is 4.79 Å². The Morgan fingerprint density at radius 3 is 1.86 bits per heavy atom. The number of hydrogen-bond donors (Lipinski definition) is 1. The topological polar surface area (TPSA) is 46.5 Å². The van der Waals surface area contributed by atoms with E-state index >= 15 is 0 Å². The quantitative estimate of drug-likeness (QED) is 0.359. The number of benzene rings is 1. The van der Waals surface area contributed by atoms with E-state index in [1.807, 2.05) is 0 Å². The van der Waals surface area contributed by atoms with E-state index in [0.29, 0.717) is 12.2 Å². The van der Waals surface area contributed by atoms with E-state index in [1.54, 1.807) is 24.3 Å². The summed E-state index contributed by atoms with van der Waals surface area (Å²) in [6.45, 7) is 0.706. The average molecular weight is 371 g/mol. The highest BCUT2D eigenvalue weighted by Crippen LogP contribution is 2.14.